The summed E-state index contributed by atoms with van der Waals surface area (Å²) in [4.78, 5) is 32.3. The Morgan fingerprint density at radius 2 is 1.72 bits per heavy atom. The van der Waals surface area contributed by atoms with Crippen molar-refractivity contribution in [2.45, 2.75) is 6.92 Å². The second-order valence-corrected chi connectivity index (χ2v) is 6.00. The second kappa shape index (κ2) is 8.79. The Bertz CT molecular complexity index is 1040. The zero-order chi connectivity index (χ0) is 20.8. The van der Waals surface area contributed by atoms with Gasteiger partial charge in [0.15, 0.2) is 0 Å². The molecule has 0 fully saturated rings. The molecule has 148 valence electrons. The number of hydrogen-bond acceptors (Lipinski definition) is 6. The number of carbonyl (C=O) groups is 2. The molecular weight excluding hydrogens is 375 g/mol. The number of nitrogens with two attached hydrogens (primary N) is 1. The standard InChI is InChI=1S/C20H19FN6O2/c1-2-23-20(29)14-11-25-18(27-17-8-7-12(21)10-24-17)9-16(14)26-15-6-4-3-5-13(15)19(22)28/h3-11H,2H2,1H3,(H2,22,28)(H,23,29)(H2,24,25,26,27). The van der Waals surface area contributed by atoms with E-state index in [1.54, 1.807) is 37.3 Å². The quantitative estimate of drug-likeness (QED) is 0.489. The lowest BCUT2D eigenvalue weighted by Crippen LogP contribution is -2.24. The van der Waals surface area contributed by atoms with Gasteiger partial charge in [0.1, 0.15) is 17.5 Å². The summed E-state index contributed by atoms with van der Waals surface area (Å²) in [6.07, 6.45) is 2.47. The smallest absolute Gasteiger partial charge is 0.254 e. The van der Waals surface area contributed by atoms with E-state index in [-0.39, 0.29) is 17.0 Å². The van der Waals surface area contributed by atoms with Gasteiger partial charge in [-0.3, -0.25) is 9.59 Å². The molecule has 0 aliphatic heterocycles. The lowest BCUT2D eigenvalue weighted by Gasteiger charge is -2.15. The van der Waals surface area contributed by atoms with Crippen molar-refractivity contribution in [2.24, 2.45) is 5.73 Å². The number of amides is 2. The fourth-order valence-corrected chi connectivity index (χ4v) is 2.60. The summed E-state index contributed by atoms with van der Waals surface area (Å²) in [6.45, 7) is 2.24. The molecule has 1 aromatic carbocycles. The molecule has 0 radical (unpaired) electrons. The lowest BCUT2D eigenvalue weighted by atomic mass is 10.1. The highest BCUT2D eigenvalue weighted by atomic mass is 19.1. The minimum Gasteiger partial charge on any atom is -0.366 e. The first-order valence-corrected chi connectivity index (χ1v) is 8.80. The van der Waals surface area contributed by atoms with Crippen molar-refractivity contribution >= 4 is 34.8 Å². The molecule has 29 heavy (non-hydrogen) atoms. The molecular formula is C20H19FN6O2. The summed E-state index contributed by atoms with van der Waals surface area (Å²) in [7, 11) is 0. The molecule has 0 atom stereocenters. The second-order valence-electron chi connectivity index (χ2n) is 6.00. The molecule has 0 unspecified atom stereocenters. The Hall–Kier alpha value is -4.01. The fourth-order valence-electron chi connectivity index (χ4n) is 2.60. The number of pyridine rings is 2. The Balaban J connectivity index is 1.98. The van der Waals surface area contributed by atoms with Crippen LogP contribution in [0.5, 0.6) is 0 Å². The van der Waals surface area contributed by atoms with Gasteiger partial charge in [-0.05, 0) is 31.2 Å². The maximum absolute atomic E-state index is 13.1. The third-order valence-corrected chi connectivity index (χ3v) is 3.93. The Labute approximate surface area is 166 Å². The first-order valence-electron chi connectivity index (χ1n) is 8.80. The van der Waals surface area contributed by atoms with E-state index >= 15 is 0 Å². The van der Waals surface area contributed by atoms with Crippen LogP contribution in [0.2, 0.25) is 0 Å². The van der Waals surface area contributed by atoms with Crippen LogP contribution in [0.3, 0.4) is 0 Å². The van der Waals surface area contributed by atoms with E-state index in [1.807, 2.05) is 0 Å². The van der Waals surface area contributed by atoms with Crippen LogP contribution < -0.4 is 21.7 Å². The Morgan fingerprint density at radius 3 is 2.41 bits per heavy atom. The van der Waals surface area contributed by atoms with Gasteiger partial charge in [0.2, 0.25) is 0 Å². The van der Waals surface area contributed by atoms with Crippen LogP contribution in [0.25, 0.3) is 0 Å². The maximum Gasteiger partial charge on any atom is 0.254 e. The molecule has 0 saturated carbocycles. The molecule has 9 heteroatoms. The molecule has 0 saturated heterocycles. The van der Waals surface area contributed by atoms with E-state index in [0.29, 0.717) is 29.6 Å². The minimum absolute atomic E-state index is 0.279. The van der Waals surface area contributed by atoms with Crippen molar-refractivity contribution < 1.29 is 14.0 Å². The highest BCUT2D eigenvalue weighted by Crippen LogP contribution is 2.26. The molecule has 5 N–H and O–H groups in total. The van der Waals surface area contributed by atoms with Gasteiger partial charge in [-0.25, -0.2) is 14.4 Å². The van der Waals surface area contributed by atoms with E-state index in [2.05, 4.69) is 25.9 Å². The number of primary amides is 1. The van der Waals surface area contributed by atoms with Gasteiger partial charge in [0.05, 0.1) is 28.7 Å². The van der Waals surface area contributed by atoms with Crippen LogP contribution in [-0.2, 0) is 0 Å². The van der Waals surface area contributed by atoms with Crippen molar-refractivity contribution in [3.05, 3.63) is 71.8 Å². The number of carbonyl (C=O) groups excluding carboxylic acids is 2. The first-order chi connectivity index (χ1) is 14.0. The Kier molecular flexibility index (Phi) is 5.98. The molecule has 3 rings (SSSR count). The summed E-state index contributed by atoms with van der Waals surface area (Å²) in [6, 6.07) is 11.0. The number of hydrogen-bond donors (Lipinski definition) is 4. The predicted molar refractivity (Wildman–Crippen MR) is 108 cm³/mol. The van der Waals surface area contributed by atoms with Crippen LogP contribution in [-0.4, -0.2) is 28.3 Å². The maximum atomic E-state index is 13.1. The van der Waals surface area contributed by atoms with Gasteiger partial charge in [-0.1, -0.05) is 12.1 Å². The summed E-state index contributed by atoms with van der Waals surface area (Å²) >= 11 is 0. The third kappa shape index (κ3) is 4.83. The largest absolute Gasteiger partial charge is 0.366 e. The highest BCUT2D eigenvalue weighted by molar-refractivity contribution is 6.03. The summed E-state index contributed by atoms with van der Waals surface area (Å²) in [5.74, 6) is -0.633. The molecule has 2 heterocycles. The summed E-state index contributed by atoms with van der Waals surface area (Å²) in [5, 5.41) is 8.73. The van der Waals surface area contributed by atoms with Crippen LogP contribution in [0, 0.1) is 5.82 Å². The molecule has 0 aliphatic carbocycles. The molecule has 3 aromatic rings. The van der Waals surface area contributed by atoms with E-state index in [1.165, 1.54) is 18.3 Å². The molecule has 0 bridgehead atoms. The first kappa shape index (κ1) is 19.7. The van der Waals surface area contributed by atoms with Crippen molar-refractivity contribution in [1.29, 1.82) is 0 Å². The monoisotopic (exact) mass is 394 g/mol. The van der Waals surface area contributed by atoms with E-state index in [9.17, 15) is 14.0 Å². The van der Waals surface area contributed by atoms with Crippen molar-refractivity contribution in [2.75, 3.05) is 17.2 Å². The summed E-state index contributed by atoms with van der Waals surface area (Å²) < 4.78 is 13.1. The van der Waals surface area contributed by atoms with Crippen LogP contribution in [0.1, 0.15) is 27.6 Å². The van der Waals surface area contributed by atoms with Crippen LogP contribution in [0.4, 0.5) is 27.4 Å². The van der Waals surface area contributed by atoms with Crippen molar-refractivity contribution in [3.63, 3.8) is 0 Å². The molecule has 2 amide bonds. The van der Waals surface area contributed by atoms with Gasteiger partial charge in [0, 0.05) is 18.8 Å². The number of anilines is 4. The van der Waals surface area contributed by atoms with Gasteiger partial charge in [-0.2, -0.15) is 0 Å². The zero-order valence-electron chi connectivity index (χ0n) is 15.6. The third-order valence-electron chi connectivity index (χ3n) is 3.93. The number of nitrogens with zero attached hydrogens (tertiary/aromatic N) is 2. The van der Waals surface area contributed by atoms with Gasteiger partial charge >= 0.3 is 0 Å². The highest BCUT2D eigenvalue weighted by Gasteiger charge is 2.15. The summed E-state index contributed by atoms with van der Waals surface area (Å²) in [5.41, 5.74) is 6.85. The fraction of sp³-hybridized carbons (Fsp3) is 0.100. The molecule has 2 aromatic heterocycles. The van der Waals surface area contributed by atoms with E-state index in [4.69, 9.17) is 5.73 Å². The van der Waals surface area contributed by atoms with Crippen molar-refractivity contribution in [1.82, 2.24) is 15.3 Å². The SMILES string of the molecule is CCNC(=O)c1cnc(Nc2ccc(F)cn2)cc1Nc1ccccc1C(N)=O. The molecule has 0 spiro atoms. The van der Waals surface area contributed by atoms with Crippen LogP contribution in [0.15, 0.2) is 54.9 Å². The number of benzene rings is 1. The zero-order valence-corrected chi connectivity index (χ0v) is 15.6. The number of aromatic nitrogens is 2. The minimum atomic E-state index is -0.601. The average Bonchev–Trinajstić information content (AvgIpc) is 2.70. The number of rotatable bonds is 7. The van der Waals surface area contributed by atoms with E-state index < -0.39 is 11.7 Å². The van der Waals surface area contributed by atoms with E-state index in [0.717, 1.165) is 6.20 Å². The van der Waals surface area contributed by atoms with Gasteiger partial charge in [-0.15, -0.1) is 0 Å². The van der Waals surface area contributed by atoms with Gasteiger partial charge < -0.3 is 21.7 Å². The molecule has 8 nitrogen and oxygen atoms in total. The molecule has 0 aliphatic rings. The number of para-hydroxylation sites is 1. The predicted octanol–water partition coefficient (Wildman–Crippen LogP) is 2.95. The average molecular weight is 394 g/mol. The number of halogens is 1. The van der Waals surface area contributed by atoms with Crippen molar-refractivity contribution in [3.8, 4) is 0 Å². The number of nitrogens with one attached hydrogen (secondary N) is 3. The lowest BCUT2D eigenvalue weighted by molar-refractivity contribution is 0.0955. The Morgan fingerprint density at radius 1 is 0.966 bits per heavy atom. The normalized spacial score (nSPS) is 10.3. The van der Waals surface area contributed by atoms with Gasteiger partial charge in [0.25, 0.3) is 11.8 Å². The van der Waals surface area contributed by atoms with Crippen LogP contribution >= 0.6 is 0 Å². The topological polar surface area (TPSA) is 122 Å².